The van der Waals surface area contributed by atoms with Gasteiger partial charge < -0.3 is 14.8 Å². The Morgan fingerprint density at radius 3 is 2.59 bits per heavy atom. The molecule has 0 fully saturated rings. The van der Waals surface area contributed by atoms with Gasteiger partial charge in [-0.2, -0.15) is 0 Å². The monoisotopic (exact) mass is 389 g/mol. The van der Waals surface area contributed by atoms with Gasteiger partial charge in [-0.25, -0.2) is 0 Å². The van der Waals surface area contributed by atoms with Gasteiger partial charge in [-0.1, -0.05) is 18.9 Å². The number of nitrogens with one attached hydrogen (secondary N) is 1. The summed E-state index contributed by atoms with van der Waals surface area (Å²) in [4.78, 5) is 14.6. The van der Waals surface area contributed by atoms with E-state index in [9.17, 15) is 4.79 Å². The number of anilines is 2. The zero-order valence-electron chi connectivity index (χ0n) is 17.1. The van der Waals surface area contributed by atoms with E-state index in [1.165, 1.54) is 19.3 Å². The van der Waals surface area contributed by atoms with Gasteiger partial charge in [0.25, 0.3) is 5.91 Å². The third-order valence-corrected chi connectivity index (χ3v) is 5.39. The van der Waals surface area contributed by atoms with Crippen LogP contribution in [0, 0.1) is 0 Å². The van der Waals surface area contributed by atoms with Gasteiger partial charge in [0.05, 0.1) is 0 Å². The van der Waals surface area contributed by atoms with E-state index in [1.54, 1.807) is 0 Å². The van der Waals surface area contributed by atoms with Gasteiger partial charge in [-0.3, -0.25) is 4.79 Å². The summed E-state index contributed by atoms with van der Waals surface area (Å²) in [5.41, 5.74) is 3.42. The molecule has 0 radical (unpaired) electrons. The van der Waals surface area contributed by atoms with Crippen molar-refractivity contribution in [1.82, 2.24) is 14.8 Å². The Morgan fingerprint density at radius 1 is 1.00 bits per heavy atom. The maximum atomic E-state index is 12.6. The fraction of sp³-hybridized carbons (Fsp3) is 0.348. The number of aromatic nitrogens is 3. The average Bonchev–Trinajstić information content (AvgIpc) is 3.10. The molecule has 1 N–H and O–H groups in total. The van der Waals surface area contributed by atoms with Crippen molar-refractivity contribution in [3.63, 3.8) is 0 Å². The van der Waals surface area contributed by atoms with Crippen molar-refractivity contribution >= 4 is 17.3 Å². The number of amides is 1. The Bertz CT molecular complexity index is 991. The summed E-state index contributed by atoms with van der Waals surface area (Å²) >= 11 is 0. The molecule has 1 aliphatic rings. The lowest BCUT2D eigenvalue weighted by molar-refractivity contribution is 0.102. The highest BCUT2D eigenvalue weighted by Crippen LogP contribution is 2.24. The first-order chi connectivity index (χ1) is 14.1. The molecule has 6 heteroatoms. The molecular weight excluding hydrogens is 362 g/mol. The number of carbonyl (C=O) groups is 1. The number of rotatable bonds is 4. The van der Waals surface area contributed by atoms with Crippen LogP contribution in [0.15, 0.2) is 48.5 Å². The van der Waals surface area contributed by atoms with Crippen molar-refractivity contribution in [2.75, 3.05) is 24.3 Å². The second-order valence-corrected chi connectivity index (χ2v) is 7.73. The first kappa shape index (κ1) is 19.2. The lowest BCUT2D eigenvalue weighted by Crippen LogP contribution is -2.14. The summed E-state index contributed by atoms with van der Waals surface area (Å²) in [5.74, 6) is 1.88. The van der Waals surface area contributed by atoms with Gasteiger partial charge in [0, 0.05) is 49.6 Å². The number of hydrogen-bond acceptors (Lipinski definition) is 4. The first-order valence-electron chi connectivity index (χ1n) is 10.2. The molecule has 4 rings (SSSR count). The third kappa shape index (κ3) is 4.31. The molecule has 1 aliphatic heterocycles. The standard InChI is InChI=1S/C23H27N5O/c1-27(2)20-9-7-8-18(16-20)23(29)24-19-13-11-17(12-14-19)22-26-25-21-10-5-3-4-6-15-28(21)22/h7-9,11-14,16H,3-6,10,15H2,1-2H3,(H,24,29). The Balaban J connectivity index is 1.50. The molecule has 2 heterocycles. The summed E-state index contributed by atoms with van der Waals surface area (Å²) < 4.78 is 2.25. The highest BCUT2D eigenvalue weighted by atomic mass is 16.1. The molecule has 2 aromatic carbocycles. The minimum absolute atomic E-state index is 0.117. The molecule has 0 bridgehead atoms. The molecule has 0 saturated heterocycles. The number of hydrogen-bond donors (Lipinski definition) is 1. The summed E-state index contributed by atoms with van der Waals surface area (Å²) in [6.07, 6.45) is 5.87. The second-order valence-electron chi connectivity index (χ2n) is 7.73. The topological polar surface area (TPSA) is 63.1 Å². The van der Waals surface area contributed by atoms with Crippen LogP contribution in [0.1, 0.15) is 41.9 Å². The molecule has 0 unspecified atom stereocenters. The summed E-state index contributed by atoms with van der Waals surface area (Å²) in [6, 6.07) is 15.4. The van der Waals surface area contributed by atoms with Crippen LogP contribution < -0.4 is 10.2 Å². The van der Waals surface area contributed by atoms with Crippen LogP contribution in [0.3, 0.4) is 0 Å². The largest absolute Gasteiger partial charge is 0.378 e. The highest BCUT2D eigenvalue weighted by Gasteiger charge is 2.15. The zero-order valence-corrected chi connectivity index (χ0v) is 17.1. The van der Waals surface area contributed by atoms with Crippen LogP contribution in [0.25, 0.3) is 11.4 Å². The maximum Gasteiger partial charge on any atom is 0.255 e. The molecular formula is C23H27N5O. The minimum atomic E-state index is -0.117. The molecule has 3 aromatic rings. The van der Waals surface area contributed by atoms with Gasteiger partial charge in [0.15, 0.2) is 5.82 Å². The Morgan fingerprint density at radius 2 is 1.79 bits per heavy atom. The number of fused-ring (bicyclic) bond motifs is 1. The number of aryl methyl sites for hydroxylation is 1. The van der Waals surface area contributed by atoms with Gasteiger partial charge in [-0.15, -0.1) is 10.2 Å². The van der Waals surface area contributed by atoms with Gasteiger partial charge in [0.1, 0.15) is 5.82 Å². The quantitative estimate of drug-likeness (QED) is 0.719. The molecule has 150 valence electrons. The fourth-order valence-electron chi connectivity index (χ4n) is 3.71. The molecule has 29 heavy (non-hydrogen) atoms. The minimum Gasteiger partial charge on any atom is -0.378 e. The normalized spacial score (nSPS) is 13.9. The van der Waals surface area contributed by atoms with Crippen LogP contribution >= 0.6 is 0 Å². The maximum absolute atomic E-state index is 12.6. The SMILES string of the molecule is CN(C)c1cccc(C(=O)Nc2ccc(-c3nnc4n3CCCCCC4)cc2)c1. The molecule has 0 atom stereocenters. The Kier molecular flexibility index (Phi) is 5.60. The van der Waals surface area contributed by atoms with Gasteiger partial charge in [-0.05, 0) is 55.3 Å². The number of nitrogens with zero attached hydrogens (tertiary/aromatic N) is 4. The van der Waals surface area contributed by atoms with Crippen molar-refractivity contribution in [1.29, 1.82) is 0 Å². The van der Waals surface area contributed by atoms with E-state index in [-0.39, 0.29) is 5.91 Å². The first-order valence-corrected chi connectivity index (χ1v) is 10.2. The summed E-state index contributed by atoms with van der Waals surface area (Å²) in [6.45, 7) is 0.971. The lowest BCUT2D eigenvalue weighted by Gasteiger charge is -2.14. The lowest BCUT2D eigenvalue weighted by atomic mass is 10.1. The van der Waals surface area contributed by atoms with Crippen LogP contribution in [0.4, 0.5) is 11.4 Å². The number of benzene rings is 2. The Hall–Kier alpha value is -3.15. The third-order valence-electron chi connectivity index (χ3n) is 5.39. The smallest absolute Gasteiger partial charge is 0.255 e. The van der Waals surface area contributed by atoms with Crippen LogP contribution in [0.5, 0.6) is 0 Å². The van der Waals surface area contributed by atoms with Crippen molar-refractivity contribution < 1.29 is 4.79 Å². The molecule has 1 aromatic heterocycles. The van der Waals surface area contributed by atoms with Gasteiger partial charge >= 0.3 is 0 Å². The summed E-state index contributed by atoms with van der Waals surface area (Å²) in [5, 5.41) is 11.8. The van der Waals surface area contributed by atoms with Crippen molar-refractivity contribution in [2.24, 2.45) is 0 Å². The van der Waals surface area contributed by atoms with Crippen molar-refractivity contribution in [3.8, 4) is 11.4 Å². The van der Waals surface area contributed by atoms with E-state index in [2.05, 4.69) is 20.1 Å². The van der Waals surface area contributed by atoms with Crippen molar-refractivity contribution in [2.45, 2.75) is 38.6 Å². The Labute approximate surface area is 171 Å². The molecule has 0 spiro atoms. The highest BCUT2D eigenvalue weighted by molar-refractivity contribution is 6.04. The van der Waals surface area contributed by atoms with E-state index in [1.807, 2.05) is 67.5 Å². The molecule has 6 nitrogen and oxygen atoms in total. The van der Waals surface area contributed by atoms with Gasteiger partial charge in [0.2, 0.25) is 0 Å². The zero-order chi connectivity index (χ0) is 20.2. The van der Waals surface area contributed by atoms with E-state index in [4.69, 9.17) is 0 Å². The van der Waals surface area contributed by atoms with E-state index in [0.29, 0.717) is 5.56 Å². The van der Waals surface area contributed by atoms with Crippen LogP contribution in [-0.4, -0.2) is 34.8 Å². The van der Waals surface area contributed by atoms with E-state index in [0.717, 1.165) is 48.0 Å². The molecule has 1 amide bonds. The predicted molar refractivity (Wildman–Crippen MR) is 116 cm³/mol. The second kappa shape index (κ2) is 8.47. The molecule has 0 aliphatic carbocycles. The predicted octanol–water partition coefficient (Wildman–Crippen LogP) is 4.38. The van der Waals surface area contributed by atoms with Crippen LogP contribution in [0.2, 0.25) is 0 Å². The van der Waals surface area contributed by atoms with Crippen LogP contribution in [-0.2, 0) is 13.0 Å². The number of carbonyl (C=O) groups excluding carboxylic acids is 1. The average molecular weight is 390 g/mol. The van der Waals surface area contributed by atoms with Crippen molar-refractivity contribution in [3.05, 3.63) is 59.9 Å². The summed E-state index contributed by atoms with van der Waals surface area (Å²) in [7, 11) is 3.92. The molecule has 0 saturated carbocycles. The van der Waals surface area contributed by atoms with E-state index >= 15 is 0 Å². The van der Waals surface area contributed by atoms with E-state index < -0.39 is 0 Å². The fourth-order valence-corrected chi connectivity index (χ4v) is 3.71.